The van der Waals surface area contributed by atoms with E-state index in [2.05, 4.69) is 15.6 Å². The Morgan fingerprint density at radius 2 is 1.89 bits per heavy atom. The highest BCUT2D eigenvalue weighted by atomic mass is 35.5. The van der Waals surface area contributed by atoms with Gasteiger partial charge in [0.15, 0.2) is 0 Å². The van der Waals surface area contributed by atoms with Crippen molar-refractivity contribution in [1.82, 2.24) is 14.9 Å². The highest BCUT2D eigenvalue weighted by Crippen LogP contribution is 2.33. The average molecular weight is 417 g/mol. The monoisotopic (exact) mass is 416 g/mol. The molecule has 7 heteroatoms. The van der Waals surface area contributed by atoms with Gasteiger partial charge in [-0.3, -0.25) is 4.79 Å². The molecule has 1 amide bonds. The van der Waals surface area contributed by atoms with Gasteiger partial charge in [-0.25, -0.2) is 4.98 Å². The zero-order chi connectivity index (χ0) is 19.7. The van der Waals surface area contributed by atoms with Crippen molar-refractivity contribution in [1.29, 1.82) is 0 Å². The molecule has 4 rings (SSSR count). The normalized spacial score (nSPS) is 14.5. The standard InChI is InChI=1S/C21H22Cl2N4O/c1-27-18-10-9-14(20(28)24-12-13-5-2-3-6-13)11-17(18)25-21(27)26-19-15(22)7-4-8-16(19)23/h4,7-11,13H,2-3,5-6,12H2,1H3,(H,24,28)(H,25,26). The van der Waals surface area contributed by atoms with Crippen LogP contribution in [0.25, 0.3) is 11.0 Å². The Balaban J connectivity index is 1.56. The molecule has 0 aliphatic heterocycles. The topological polar surface area (TPSA) is 59.0 Å². The summed E-state index contributed by atoms with van der Waals surface area (Å²) >= 11 is 12.5. The molecule has 0 radical (unpaired) electrons. The number of hydrogen-bond donors (Lipinski definition) is 2. The summed E-state index contributed by atoms with van der Waals surface area (Å²) in [4.78, 5) is 17.1. The van der Waals surface area contributed by atoms with Crippen molar-refractivity contribution in [3.05, 3.63) is 52.0 Å². The SMILES string of the molecule is Cn1c(Nc2c(Cl)cccc2Cl)nc2cc(C(=O)NCC3CCCC3)ccc21. The van der Waals surface area contributed by atoms with Gasteiger partial charge in [-0.2, -0.15) is 0 Å². The van der Waals surface area contributed by atoms with Gasteiger partial charge in [0.05, 0.1) is 26.8 Å². The van der Waals surface area contributed by atoms with Gasteiger partial charge < -0.3 is 15.2 Å². The third-order valence-corrected chi connectivity index (χ3v) is 6.00. The minimum absolute atomic E-state index is 0.0527. The summed E-state index contributed by atoms with van der Waals surface area (Å²) in [6, 6.07) is 10.9. The van der Waals surface area contributed by atoms with Crippen LogP contribution in [-0.2, 0) is 7.05 Å². The quantitative estimate of drug-likeness (QED) is 0.573. The van der Waals surface area contributed by atoms with Gasteiger partial charge in [0.1, 0.15) is 0 Å². The van der Waals surface area contributed by atoms with Gasteiger partial charge in [0.25, 0.3) is 5.91 Å². The summed E-state index contributed by atoms with van der Waals surface area (Å²) in [6.07, 6.45) is 4.95. The van der Waals surface area contributed by atoms with Crippen LogP contribution < -0.4 is 10.6 Å². The molecule has 0 atom stereocenters. The molecule has 5 nitrogen and oxygen atoms in total. The fourth-order valence-corrected chi connectivity index (χ4v) is 4.23. The van der Waals surface area contributed by atoms with E-state index in [1.165, 1.54) is 25.7 Å². The zero-order valence-corrected chi connectivity index (χ0v) is 17.1. The molecule has 3 aromatic rings. The average Bonchev–Trinajstić information content (AvgIpc) is 3.31. The van der Waals surface area contributed by atoms with E-state index in [0.717, 1.165) is 17.6 Å². The first-order chi connectivity index (χ1) is 13.5. The van der Waals surface area contributed by atoms with Crippen molar-refractivity contribution in [3.8, 4) is 0 Å². The first-order valence-electron chi connectivity index (χ1n) is 9.48. The zero-order valence-electron chi connectivity index (χ0n) is 15.6. The number of rotatable bonds is 5. The van der Waals surface area contributed by atoms with Crippen molar-refractivity contribution in [2.24, 2.45) is 13.0 Å². The predicted octanol–water partition coefficient (Wildman–Crippen LogP) is 5.54. The van der Waals surface area contributed by atoms with Crippen LogP contribution in [0.15, 0.2) is 36.4 Å². The summed E-state index contributed by atoms with van der Waals surface area (Å²) in [6.45, 7) is 0.747. The summed E-state index contributed by atoms with van der Waals surface area (Å²) in [5, 5.41) is 7.29. The van der Waals surface area contributed by atoms with Gasteiger partial charge >= 0.3 is 0 Å². The van der Waals surface area contributed by atoms with Crippen LogP contribution in [0.5, 0.6) is 0 Å². The van der Waals surface area contributed by atoms with E-state index in [9.17, 15) is 4.79 Å². The number of anilines is 2. The van der Waals surface area contributed by atoms with Crippen LogP contribution in [0.1, 0.15) is 36.0 Å². The lowest BCUT2D eigenvalue weighted by molar-refractivity contribution is 0.0947. The summed E-state index contributed by atoms with van der Waals surface area (Å²) in [7, 11) is 1.91. The van der Waals surface area contributed by atoms with Crippen molar-refractivity contribution >= 4 is 51.8 Å². The number of aromatic nitrogens is 2. The van der Waals surface area contributed by atoms with Gasteiger partial charge in [-0.15, -0.1) is 0 Å². The number of halogens is 2. The molecule has 1 heterocycles. The molecule has 146 valence electrons. The molecule has 0 spiro atoms. The predicted molar refractivity (Wildman–Crippen MR) is 115 cm³/mol. The maximum Gasteiger partial charge on any atom is 0.251 e. The summed E-state index contributed by atoms with van der Waals surface area (Å²) < 4.78 is 1.91. The van der Waals surface area contributed by atoms with Crippen LogP contribution in [0, 0.1) is 5.92 Å². The van der Waals surface area contributed by atoms with Gasteiger partial charge in [0.2, 0.25) is 5.95 Å². The Labute approximate surface area is 174 Å². The second-order valence-electron chi connectivity index (χ2n) is 7.28. The number of para-hydroxylation sites is 1. The minimum Gasteiger partial charge on any atom is -0.352 e. The summed E-state index contributed by atoms with van der Waals surface area (Å²) in [5.74, 6) is 1.16. The number of nitrogens with one attached hydrogen (secondary N) is 2. The fourth-order valence-electron chi connectivity index (χ4n) is 3.74. The number of fused-ring (bicyclic) bond motifs is 1. The highest BCUT2D eigenvalue weighted by Gasteiger charge is 2.17. The second kappa shape index (κ2) is 8.02. The van der Waals surface area contributed by atoms with Crippen LogP contribution in [-0.4, -0.2) is 22.0 Å². The Morgan fingerprint density at radius 3 is 2.61 bits per heavy atom. The van der Waals surface area contributed by atoms with E-state index in [-0.39, 0.29) is 5.91 Å². The molecule has 2 aromatic carbocycles. The molecular formula is C21H22Cl2N4O. The number of aryl methyl sites for hydroxylation is 1. The lowest BCUT2D eigenvalue weighted by Gasteiger charge is -2.10. The highest BCUT2D eigenvalue weighted by molar-refractivity contribution is 6.39. The van der Waals surface area contributed by atoms with Gasteiger partial charge in [-0.05, 0) is 49.1 Å². The Bertz CT molecular complexity index is 1000. The number of benzene rings is 2. The first-order valence-corrected chi connectivity index (χ1v) is 10.2. The molecule has 0 unspecified atom stereocenters. The smallest absolute Gasteiger partial charge is 0.251 e. The van der Waals surface area contributed by atoms with E-state index >= 15 is 0 Å². The van der Waals surface area contributed by atoms with E-state index in [1.54, 1.807) is 18.2 Å². The Kier molecular flexibility index (Phi) is 5.47. The second-order valence-corrected chi connectivity index (χ2v) is 8.09. The first kappa shape index (κ1) is 19.1. The van der Waals surface area contributed by atoms with E-state index in [1.807, 2.05) is 29.8 Å². The third kappa shape index (κ3) is 3.82. The molecule has 28 heavy (non-hydrogen) atoms. The molecule has 1 aliphatic carbocycles. The molecular weight excluding hydrogens is 395 g/mol. The molecule has 1 aromatic heterocycles. The van der Waals surface area contributed by atoms with E-state index in [4.69, 9.17) is 23.2 Å². The third-order valence-electron chi connectivity index (χ3n) is 5.37. The molecule has 0 saturated heterocycles. The Morgan fingerprint density at radius 1 is 1.18 bits per heavy atom. The number of hydrogen-bond acceptors (Lipinski definition) is 3. The largest absolute Gasteiger partial charge is 0.352 e. The van der Waals surface area contributed by atoms with Gasteiger partial charge in [0, 0.05) is 19.2 Å². The van der Waals surface area contributed by atoms with Crippen LogP contribution in [0.2, 0.25) is 10.0 Å². The van der Waals surface area contributed by atoms with E-state index in [0.29, 0.717) is 33.2 Å². The molecule has 0 bridgehead atoms. The number of carbonyl (C=O) groups excluding carboxylic acids is 1. The van der Waals surface area contributed by atoms with Crippen LogP contribution >= 0.6 is 23.2 Å². The molecule has 1 fully saturated rings. The lowest BCUT2D eigenvalue weighted by atomic mass is 10.1. The van der Waals surface area contributed by atoms with Crippen molar-refractivity contribution in [2.75, 3.05) is 11.9 Å². The fraction of sp³-hybridized carbons (Fsp3) is 0.333. The van der Waals surface area contributed by atoms with Crippen molar-refractivity contribution in [2.45, 2.75) is 25.7 Å². The molecule has 1 aliphatic rings. The molecule has 2 N–H and O–H groups in total. The maximum atomic E-state index is 12.5. The maximum absolute atomic E-state index is 12.5. The van der Waals surface area contributed by atoms with Crippen LogP contribution in [0.4, 0.5) is 11.6 Å². The number of amides is 1. The lowest BCUT2D eigenvalue weighted by Crippen LogP contribution is -2.28. The number of imidazole rings is 1. The van der Waals surface area contributed by atoms with Crippen LogP contribution in [0.3, 0.4) is 0 Å². The van der Waals surface area contributed by atoms with E-state index < -0.39 is 0 Å². The minimum atomic E-state index is -0.0527. The van der Waals surface area contributed by atoms with Gasteiger partial charge in [-0.1, -0.05) is 42.1 Å². The van der Waals surface area contributed by atoms with Crippen molar-refractivity contribution < 1.29 is 4.79 Å². The number of nitrogens with zero attached hydrogens (tertiary/aromatic N) is 2. The summed E-state index contributed by atoms with van der Waals surface area (Å²) in [5.41, 5.74) is 2.88. The molecule has 1 saturated carbocycles. The number of carbonyl (C=O) groups is 1. The van der Waals surface area contributed by atoms with Crippen molar-refractivity contribution in [3.63, 3.8) is 0 Å². The Hall–Kier alpha value is -2.24.